The van der Waals surface area contributed by atoms with Crippen LogP contribution in [0.15, 0.2) is 12.1 Å². The third-order valence-corrected chi connectivity index (χ3v) is 4.76. The van der Waals surface area contributed by atoms with Crippen LogP contribution in [0.1, 0.15) is 48.4 Å². The maximum Gasteiger partial charge on any atom is 0.126 e. The molecule has 2 rings (SSSR count). The summed E-state index contributed by atoms with van der Waals surface area (Å²) in [6, 6.07) is 4.27. The lowest BCUT2D eigenvalue weighted by Crippen LogP contribution is -2.44. The first-order valence-electron chi connectivity index (χ1n) is 7.22. The first kappa shape index (κ1) is 15.3. The Labute approximate surface area is 121 Å². The van der Waals surface area contributed by atoms with Crippen molar-refractivity contribution in [1.29, 1.82) is 0 Å². The van der Waals surface area contributed by atoms with Gasteiger partial charge in [0.05, 0.1) is 18.8 Å². The number of benzene rings is 1. The van der Waals surface area contributed by atoms with Gasteiger partial charge < -0.3 is 9.47 Å². The van der Waals surface area contributed by atoms with Crippen molar-refractivity contribution in [2.24, 2.45) is 5.84 Å². The van der Waals surface area contributed by atoms with Gasteiger partial charge in [-0.1, -0.05) is 12.1 Å². The molecule has 0 bridgehead atoms. The first-order valence-corrected chi connectivity index (χ1v) is 7.22. The molecule has 1 aromatic rings. The number of hydrogen-bond donors (Lipinski definition) is 2. The van der Waals surface area contributed by atoms with E-state index in [9.17, 15) is 0 Å². The summed E-state index contributed by atoms with van der Waals surface area (Å²) in [6.07, 6.45) is 4.32. The van der Waals surface area contributed by atoms with Crippen LogP contribution >= 0.6 is 0 Å². The van der Waals surface area contributed by atoms with Crippen LogP contribution in [-0.2, 0) is 4.74 Å². The Balaban J connectivity index is 2.30. The van der Waals surface area contributed by atoms with Crippen LogP contribution in [0.4, 0.5) is 0 Å². The van der Waals surface area contributed by atoms with Gasteiger partial charge in [-0.05, 0) is 50.7 Å². The van der Waals surface area contributed by atoms with Crippen LogP contribution < -0.4 is 16.0 Å². The van der Waals surface area contributed by atoms with E-state index in [1.54, 1.807) is 14.2 Å². The van der Waals surface area contributed by atoms with E-state index >= 15 is 0 Å². The van der Waals surface area contributed by atoms with Crippen LogP contribution in [0, 0.1) is 13.8 Å². The SMILES string of the molecule is COc1c(C(CC2(OC)CCC2)NN)ccc(C)c1C. The quantitative estimate of drug-likeness (QED) is 0.620. The van der Waals surface area contributed by atoms with Gasteiger partial charge >= 0.3 is 0 Å². The highest BCUT2D eigenvalue weighted by molar-refractivity contribution is 5.47. The van der Waals surface area contributed by atoms with Gasteiger partial charge in [-0.3, -0.25) is 11.3 Å². The number of methoxy groups -OCH3 is 2. The fraction of sp³-hybridized carbons (Fsp3) is 0.625. The summed E-state index contributed by atoms with van der Waals surface area (Å²) in [5.74, 6) is 6.73. The van der Waals surface area contributed by atoms with Crippen molar-refractivity contribution in [2.75, 3.05) is 14.2 Å². The highest BCUT2D eigenvalue weighted by Gasteiger charge is 2.39. The molecule has 1 aliphatic carbocycles. The fourth-order valence-electron chi connectivity index (χ4n) is 3.05. The highest BCUT2D eigenvalue weighted by Crippen LogP contribution is 2.43. The molecule has 4 heteroatoms. The summed E-state index contributed by atoms with van der Waals surface area (Å²) in [5, 5.41) is 0. The number of nitrogens with two attached hydrogens (primary N) is 1. The Morgan fingerprint density at radius 3 is 2.45 bits per heavy atom. The minimum atomic E-state index is -0.0269. The molecule has 1 fully saturated rings. The average molecular weight is 278 g/mol. The van der Waals surface area contributed by atoms with Crippen LogP contribution in [-0.4, -0.2) is 19.8 Å². The Kier molecular flexibility index (Phi) is 4.68. The number of hydrazine groups is 1. The summed E-state index contributed by atoms with van der Waals surface area (Å²) in [7, 11) is 3.51. The minimum Gasteiger partial charge on any atom is -0.496 e. The van der Waals surface area contributed by atoms with Crippen molar-refractivity contribution < 1.29 is 9.47 Å². The van der Waals surface area contributed by atoms with Crippen molar-refractivity contribution in [3.8, 4) is 5.75 Å². The molecule has 4 nitrogen and oxygen atoms in total. The van der Waals surface area contributed by atoms with Gasteiger partial charge in [-0.15, -0.1) is 0 Å². The third-order valence-electron chi connectivity index (χ3n) is 4.76. The van der Waals surface area contributed by atoms with Crippen molar-refractivity contribution in [3.63, 3.8) is 0 Å². The second kappa shape index (κ2) is 6.12. The van der Waals surface area contributed by atoms with Gasteiger partial charge in [0, 0.05) is 12.7 Å². The van der Waals surface area contributed by atoms with E-state index in [4.69, 9.17) is 15.3 Å². The van der Waals surface area contributed by atoms with E-state index in [2.05, 4.69) is 31.4 Å². The van der Waals surface area contributed by atoms with Crippen LogP contribution in [0.5, 0.6) is 5.75 Å². The maximum absolute atomic E-state index is 5.80. The first-order chi connectivity index (χ1) is 9.56. The lowest BCUT2D eigenvalue weighted by atomic mass is 9.74. The summed E-state index contributed by atoms with van der Waals surface area (Å²) in [4.78, 5) is 0. The molecule has 112 valence electrons. The molecule has 3 N–H and O–H groups in total. The lowest BCUT2D eigenvalue weighted by Gasteiger charge is -2.43. The molecule has 0 amide bonds. The van der Waals surface area contributed by atoms with Crippen LogP contribution in [0.25, 0.3) is 0 Å². The molecule has 1 aromatic carbocycles. The van der Waals surface area contributed by atoms with Gasteiger partial charge in [0.15, 0.2) is 0 Å². The number of hydrogen-bond acceptors (Lipinski definition) is 4. The Morgan fingerprint density at radius 2 is 2.00 bits per heavy atom. The predicted octanol–water partition coefficient (Wildman–Crippen LogP) is 2.78. The third kappa shape index (κ3) is 2.68. The molecule has 1 unspecified atom stereocenters. The Morgan fingerprint density at radius 1 is 1.30 bits per heavy atom. The van der Waals surface area contributed by atoms with E-state index in [1.807, 2.05) is 0 Å². The predicted molar refractivity (Wildman–Crippen MR) is 80.7 cm³/mol. The fourth-order valence-corrected chi connectivity index (χ4v) is 3.05. The maximum atomic E-state index is 5.80. The number of rotatable bonds is 6. The van der Waals surface area contributed by atoms with Gasteiger partial charge in [0.25, 0.3) is 0 Å². The van der Waals surface area contributed by atoms with Gasteiger partial charge in [-0.25, -0.2) is 0 Å². The van der Waals surface area contributed by atoms with Gasteiger partial charge in [0.1, 0.15) is 5.75 Å². The molecule has 0 aliphatic heterocycles. The van der Waals surface area contributed by atoms with E-state index < -0.39 is 0 Å². The molecular weight excluding hydrogens is 252 g/mol. The van der Waals surface area contributed by atoms with Crippen LogP contribution in [0.3, 0.4) is 0 Å². The number of aryl methyl sites for hydroxylation is 1. The van der Waals surface area contributed by atoms with E-state index in [-0.39, 0.29) is 11.6 Å². The van der Waals surface area contributed by atoms with E-state index in [1.165, 1.54) is 17.5 Å². The molecule has 0 heterocycles. The molecule has 1 saturated carbocycles. The van der Waals surface area contributed by atoms with Crippen molar-refractivity contribution in [1.82, 2.24) is 5.43 Å². The molecule has 0 aromatic heterocycles. The largest absolute Gasteiger partial charge is 0.496 e. The topological polar surface area (TPSA) is 56.5 Å². The van der Waals surface area contributed by atoms with Crippen LogP contribution in [0.2, 0.25) is 0 Å². The normalized spacial score (nSPS) is 18.4. The van der Waals surface area contributed by atoms with Crippen molar-refractivity contribution >= 4 is 0 Å². The number of ether oxygens (including phenoxy) is 2. The lowest BCUT2D eigenvalue weighted by molar-refractivity contribution is -0.0839. The van der Waals surface area contributed by atoms with Crippen molar-refractivity contribution in [2.45, 2.75) is 51.2 Å². The summed E-state index contributed by atoms with van der Waals surface area (Å²) in [6.45, 7) is 4.18. The van der Waals surface area contributed by atoms with Crippen molar-refractivity contribution in [3.05, 3.63) is 28.8 Å². The minimum absolute atomic E-state index is 0.0269. The Bertz CT molecular complexity index is 464. The standard InChI is InChI=1S/C16H26N2O2/c1-11-6-7-13(15(19-3)12(11)2)14(18-17)10-16(20-4)8-5-9-16/h6-7,14,18H,5,8-10,17H2,1-4H3. The highest BCUT2D eigenvalue weighted by atomic mass is 16.5. The van der Waals surface area contributed by atoms with Gasteiger partial charge in [0.2, 0.25) is 0 Å². The summed E-state index contributed by atoms with van der Waals surface area (Å²) in [5.41, 5.74) is 6.42. The van der Waals surface area contributed by atoms with E-state index in [0.717, 1.165) is 30.6 Å². The molecular formula is C16H26N2O2. The molecule has 20 heavy (non-hydrogen) atoms. The second-order valence-corrected chi connectivity index (χ2v) is 5.79. The zero-order valence-electron chi connectivity index (χ0n) is 13.0. The summed E-state index contributed by atoms with van der Waals surface area (Å²) < 4.78 is 11.3. The second-order valence-electron chi connectivity index (χ2n) is 5.79. The average Bonchev–Trinajstić information content (AvgIpc) is 2.42. The molecule has 1 aliphatic rings. The monoisotopic (exact) mass is 278 g/mol. The molecule has 1 atom stereocenters. The molecule has 0 radical (unpaired) electrons. The molecule has 0 spiro atoms. The molecule has 0 saturated heterocycles. The van der Waals surface area contributed by atoms with E-state index in [0.29, 0.717) is 0 Å². The Hall–Kier alpha value is -1.10. The smallest absolute Gasteiger partial charge is 0.126 e. The van der Waals surface area contributed by atoms with Gasteiger partial charge in [-0.2, -0.15) is 0 Å². The zero-order valence-corrected chi connectivity index (χ0v) is 13.0. The zero-order chi connectivity index (χ0) is 14.8. The number of nitrogens with one attached hydrogen (secondary N) is 1. The summed E-state index contributed by atoms with van der Waals surface area (Å²) >= 11 is 0.